The number of aromatic nitrogens is 5. The second-order valence-electron chi connectivity index (χ2n) is 16.2. The summed E-state index contributed by atoms with van der Waals surface area (Å²) in [6.45, 7) is 8.47. The third-order valence-corrected chi connectivity index (χ3v) is 14.3. The molecule has 5 aromatic rings. The van der Waals surface area contributed by atoms with Crippen molar-refractivity contribution < 1.29 is 22.7 Å². The fourth-order valence-electron chi connectivity index (χ4n) is 10.4. The van der Waals surface area contributed by atoms with Gasteiger partial charge in [-0.1, -0.05) is 31.5 Å². The summed E-state index contributed by atoms with van der Waals surface area (Å²) < 4.78 is 54.9. The van der Waals surface area contributed by atoms with Gasteiger partial charge in [-0.05, 0) is 74.4 Å². The van der Waals surface area contributed by atoms with E-state index in [1.54, 1.807) is 11.0 Å². The molecule has 1 amide bonds. The first kappa shape index (κ1) is 38.1. The van der Waals surface area contributed by atoms with Gasteiger partial charge in [0.25, 0.3) is 0 Å². The van der Waals surface area contributed by atoms with Gasteiger partial charge in [-0.15, -0.1) is 16.4 Å². The molecule has 2 aromatic carbocycles. The van der Waals surface area contributed by atoms with Crippen LogP contribution < -0.4 is 15.4 Å². The van der Waals surface area contributed by atoms with E-state index in [9.17, 15) is 14.4 Å². The van der Waals surface area contributed by atoms with E-state index < -0.39 is 23.3 Å². The molecule has 0 radical (unpaired) electrons. The summed E-state index contributed by atoms with van der Waals surface area (Å²) in [6, 6.07) is 5.46. The molecule has 18 heteroatoms. The van der Waals surface area contributed by atoms with E-state index in [2.05, 4.69) is 45.6 Å². The van der Waals surface area contributed by atoms with E-state index in [4.69, 9.17) is 38.7 Å². The predicted octanol–water partition coefficient (Wildman–Crippen LogP) is 8.08. The first-order chi connectivity index (χ1) is 27.3. The van der Waals surface area contributed by atoms with Gasteiger partial charge in [-0.3, -0.25) is 4.90 Å². The summed E-state index contributed by atoms with van der Waals surface area (Å²) >= 11 is 13.9. The molecule has 0 saturated carbocycles. The van der Waals surface area contributed by atoms with E-state index in [1.807, 2.05) is 6.07 Å². The van der Waals surface area contributed by atoms with Gasteiger partial charge >= 0.3 is 12.0 Å². The van der Waals surface area contributed by atoms with Gasteiger partial charge in [0.15, 0.2) is 5.82 Å². The summed E-state index contributed by atoms with van der Waals surface area (Å²) in [7, 11) is 0. The van der Waals surface area contributed by atoms with Crippen LogP contribution in [0.1, 0.15) is 58.4 Å². The second kappa shape index (κ2) is 13.9. The summed E-state index contributed by atoms with van der Waals surface area (Å²) in [6.07, 6.45) is 3.90. The zero-order valence-corrected chi connectivity index (χ0v) is 33.7. The number of halogens is 5. The molecule has 9 rings (SSSR count). The molecule has 298 valence electrons. The molecule has 4 saturated heterocycles. The molecule has 0 unspecified atom stereocenters. The molecule has 0 bridgehead atoms. The van der Waals surface area contributed by atoms with Crippen molar-refractivity contribution >= 4 is 72.4 Å². The van der Waals surface area contributed by atoms with E-state index >= 15 is 8.78 Å². The van der Waals surface area contributed by atoms with E-state index in [0.29, 0.717) is 37.3 Å². The number of nitrogen functional groups attached to an aromatic ring is 1. The number of amides is 1. The van der Waals surface area contributed by atoms with Crippen LogP contribution >= 0.6 is 34.5 Å². The van der Waals surface area contributed by atoms with E-state index in [0.717, 1.165) is 48.2 Å². The summed E-state index contributed by atoms with van der Waals surface area (Å²) in [4.78, 5) is 33.2. The van der Waals surface area contributed by atoms with Gasteiger partial charge in [0.2, 0.25) is 5.28 Å². The Labute approximate surface area is 340 Å². The van der Waals surface area contributed by atoms with Crippen molar-refractivity contribution in [2.75, 3.05) is 43.4 Å². The predicted molar refractivity (Wildman–Crippen MR) is 213 cm³/mol. The SMILES string of the molecule is CC(C)[C@H]1N(C(=O)n2cnc(Cl)n2)C[C@]12CCCN(c1nc(OC[C@@]34CCCN3C[C@H](F)C4)nc3c(F)c(-c4ccc(F)c5sc(N)c(C#N)c45)c(Cl)cc13)[C@H]2C. The first-order valence-corrected chi connectivity index (χ1v) is 20.6. The highest BCUT2D eigenvalue weighted by Crippen LogP contribution is 2.54. The Morgan fingerprint density at radius 1 is 1.19 bits per heavy atom. The Morgan fingerprint density at radius 2 is 1.98 bits per heavy atom. The lowest BCUT2D eigenvalue weighted by molar-refractivity contribution is -0.0949. The quantitative estimate of drug-likeness (QED) is 0.178. The van der Waals surface area contributed by atoms with Crippen molar-refractivity contribution in [1.29, 1.82) is 5.26 Å². The highest BCUT2D eigenvalue weighted by molar-refractivity contribution is 7.23. The van der Waals surface area contributed by atoms with Crippen LogP contribution in [0, 0.1) is 34.3 Å². The molecule has 0 aliphatic carbocycles. The number of carbonyl (C=O) groups is 1. The number of nitrogens with two attached hydrogens (primary N) is 1. The number of anilines is 2. The van der Waals surface area contributed by atoms with Gasteiger partial charge in [-0.25, -0.2) is 22.9 Å². The van der Waals surface area contributed by atoms with Crippen LogP contribution in [0.5, 0.6) is 6.01 Å². The number of nitrogens with zero attached hydrogens (tertiary/aromatic N) is 9. The number of thiophene rings is 1. The Bertz CT molecular complexity index is 2510. The molecule has 57 heavy (non-hydrogen) atoms. The molecular formula is C39H39Cl2F3N10O2S. The number of ether oxygens (including phenoxy) is 1. The van der Waals surface area contributed by atoms with Crippen LogP contribution in [-0.2, 0) is 0 Å². The van der Waals surface area contributed by atoms with Crippen molar-refractivity contribution in [1.82, 2.24) is 34.5 Å². The molecule has 3 aromatic heterocycles. The summed E-state index contributed by atoms with van der Waals surface area (Å²) in [5.41, 5.74) is 5.32. The normalized spacial score (nSPS) is 26.1. The lowest BCUT2D eigenvalue weighted by Gasteiger charge is -2.65. The van der Waals surface area contributed by atoms with Crippen LogP contribution in [0.25, 0.3) is 32.1 Å². The number of carbonyl (C=O) groups excluding carboxylic acids is 1. The largest absolute Gasteiger partial charge is 0.461 e. The molecule has 7 heterocycles. The zero-order valence-electron chi connectivity index (χ0n) is 31.4. The van der Waals surface area contributed by atoms with Gasteiger partial charge in [0, 0.05) is 59.9 Å². The number of piperidine rings is 1. The molecular weight excluding hydrogens is 800 g/mol. The average molecular weight is 840 g/mol. The topological polar surface area (TPSA) is 142 Å². The number of fused-ring (bicyclic) bond motifs is 3. The standard InChI is InChI=1S/C39H39Cl2F3N10O2S/c1-19(2)32-39(16-53(32)37(55)54-18-47-35(41)50-54)9-5-11-52(20(39)3)34-23-12-25(40)28(22-6-7-26(43)31-27(22)24(14-45)33(46)57-31)29(44)30(23)48-36(49-34)56-17-38-8-4-10-51(38)15-21(42)13-38/h6-7,12,18-21,32H,4-5,8-11,13,15-17,46H2,1-3H3/t20-,21+,32+,38-,39-/m0/s1. The van der Waals surface area contributed by atoms with Gasteiger partial charge in [-0.2, -0.15) is 19.9 Å². The highest BCUT2D eigenvalue weighted by Gasteiger charge is 2.61. The molecule has 4 aliphatic rings. The van der Waals surface area contributed by atoms with E-state index in [1.165, 1.54) is 18.5 Å². The third kappa shape index (κ3) is 5.82. The first-order valence-electron chi connectivity index (χ1n) is 19.0. The Hall–Kier alpha value is -4.43. The summed E-state index contributed by atoms with van der Waals surface area (Å²) in [5.74, 6) is -0.928. The minimum Gasteiger partial charge on any atom is -0.461 e. The Morgan fingerprint density at radius 3 is 2.72 bits per heavy atom. The number of nitriles is 1. The monoisotopic (exact) mass is 838 g/mol. The van der Waals surface area contributed by atoms with Crippen molar-refractivity contribution in [2.24, 2.45) is 11.3 Å². The maximum atomic E-state index is 17.4. The average Bonchev–Trinajstić information content (AvgIpc) is 3.92. The fourth-order valence-corrected chi connectivity index (χ4v) is 11.8. The molecule has 4 aliphatic heterocycles. The van der Waals surface area contributed by atoms with Crippen LogP contribution in [-0.4, -0.2) is 97.1 Å². The van der Waals surface area contributed by atoms with Crippen LogP contribution in [0.2, 0.25) is 10.3 Å². The number of benzene rings is 2. The molecule has 12 nitrogen and oxygen atoms in total. The lowest BCUT2D eigenvalue weighted by Crippen LogP contribution is -2.75. The van der Waals surface area contributed by atoms with Crippen LogP contribution in [0.3, 0.4) is 0 Å². The van der Waals surface area contributed by atoms with Gasteiger partial charge in [0.05, 0.1) is 20.8 Å². The third-order valence-electron chi connectivity index (χ3n) is 12.8. The van der Waals surface area contributed by atoms with Gasteiger partial charge in [0.1, 0.15) is 47.3 Å². The lowest BCUT2D eigenvalue weighted by atomic mass is 9.59. The zero-order chi connectivity index (χ0) is 40.1. The van der Waals surface area contributed by atoms with Gasteiger partial charge < -0.3 is 20.3 Å². The van der Waals surface area contributed by atoms with Crippen LogP contribution in [0.15, 0.2) is 24.5 Å². The fraction of sp³-hybridized carbons (Fsp3) is 0.487. The van der Waals surface area contributed by atoms with E-state index in [-0.39, 0.29) is 89.7 Å². The highest BCUT2D eigenvalue weighted by atomic mass is 35.5. The second-order valence-corrected chi connectivity index (χ2v) is 18.0. The number of hydrogen-bond acceptors (Lipinski definition) is 11. The molecule has 2 N–H and O–H groups in total. The maximum Gasteiger partial charge on any atom is 0.346 e. The Balaban J connectivity index is 1.17. The minimum absolute atomic E-state index is 0.00635. The van der Waals surface area contributed by atoms with Crippen molar-refractivity contribution in [3.05, 3.63) is 52.0 Å². The number of rotatable bonds is 6. The summed E-state index contributed by atoms with van der Waals surface area (Å²) in [5, 5.41) is 14.6. The number of alkyl halides is 1. The smallest absolute Gasteiger partial charge is 0.346 e. The van der Waals surface area contributed by atoms with Crippen molar-refractivity contribution in [3.8, 4) is 23.2 Å². The molecule has 5 atom stereocenters. The van der Waals surface area contributed by atoms with Crippen LogP contribution in [0.4, 0.5) is 28.8 Å². The number of likely N-dealkylation sites (tertiary alicyclic amines) is 1. The minimum atomic E-state index is -0.976. The van der Waals surface area contributed by atoms with Crippen molar-refractivity contribution in [2.45, 2.75) is 76.7 Å². The molecule has 1 spiro atoms. The number of hydrogen-bond donors (Lipinski definition) is 1. The maximum absolute atomic E-state index is 17.4. The Kier molecular flexibility index (Phi) is 9.26. The van der Waals surface area contributed by atoms with Crippen molar-refractivity contribution in [3.63, 3.8) is 0 Å². The molecule has 4 fully saturated rings.